The number of hydrogen-bond donors (Lipinski definition) is 2. The van der Waals surface area contributed by atoms with Crippen molar-refractivity contribution >= 4 is 23.7 Å². The van der Waals surface area contributed by atoms with Crippen LogP contribution in [-0.2, 0) is 17.8 Å². The van der Waals surface area contributed by atoms with Crippen LogP contribution in [0.1, 0.15) is 17.5 Å². The molecule has 0 unspecified atom stereocenters. The van der Waals surface area contributed by atoms with Crippen molar-refractivity contribution in [2.45, 2.75) is 25.4 Å². The number of ether oxygens (including phenoxy) is 1. The summed E-state index contributed by atoms with van der Waals surface area (Å²) in [6, 6.07) is 5.24. The Morgan fingerprint density at radius 2 is 2.07 bits per heavy atom. The van der Waals surface area contributed by atoms with Gasteiger partial charge in [-0.3, -0.25) is 9.69 Å². The Morgan fingerprint density at radius 3 is 2.78 bits per heavy atom. The molecule has 0 aromatic heterocycles. The lowest BCUT2D eigenvalue weighted by atomic mass is 10.1. The average Bonchev–Trinajstić information content (AvgIpc) is 3.13. The Hall–Kier alpha value is -1.93. The number of carbonyl (C=O) groups excluding carboxylic acids is 2. The maximum atomic E-state index is 12.7. The average molecular weight is 393 g/mol. The van der Waals surface area contributed by atoms with Gasteiger partial charge in [0.25, 0.3) is 0 Å². The van der Waals surface area contributed by atoms with Crippen LogP contribution in [-0.4, -0.2) is 72.6 Å². The van der Waals surface area contributed by atoms with E-state index in [0.29, 0.717) is 19.5 Å². The number of amides is 3. The molecule has 1 aromatic carbocycles. The van der Waals surface area contributed by atoms with Gasteiger partial charge in [-0.1, -0.05) is 12.1 Å². The van der Waals surface area contributed by atoms with Gasteiger partial charge in [0.15, 0.2) is 0 Å². The van der Waals surface area contributed by atoms with Gasteiger partial charge in [-0.2, -0.15) is 11.8 Å². The van der Waals surface area contributed by atoms with Crippen LogP contribution in [0.3, 0.4) is 0 Å². The third-order valence-corrected chi connectivity index (χ3v) is 5.71. The second-order valence-corrected chi connectivity index (χ2v) is 7.97. The van der Waals surface area contributed by atoms with E-state index in [-0.39, 0.29) is 5.91 Å². The van der Waals surface area contributed by atoms with Crippen LogP contribution in [0, 0.1) is 0 Å². The Kier molecular flexibility index (Phi) is 6.84. The highest BCUT2D eigenvalue weighted by atomic mass is 32.2. The fourth-order valence-corrected chi connectivity index (χ4v) is 4.08. The number of benzene rings is 1. The molecule has 2 aliphatic rings. The molecular weight excluding hydrogens is 364 g/mol. The third-order valence-electron chi connectivity index (χ3n) is 5.07. The fraction of sp³-hybridized carbons (Fsp3) is 0.579. The summed E-state index contributed by atoms with van der Waals surface area (Å²) in [7, 11) is 0. The van der Waals surface area contributed by atoms with E-state index in [1.807, 2.05) is 11.2 Å². The molecule has 1 aromatic rings. The van der Waals surface area contributed by atoms with Crippen molar-refractivity contribution in [3.63, 3.8) is 0 Å². The minimum absolute atomic E-state index is 0.0304. The van der Waals surface area contributed by atoms with E-state index in [4.69, 9.17) is 10.5 Å². The molecule has 7 nitrogen and oxygen atoms in total. The first-order valence-electron chi connectivity index (χ1n) is 9.37. The van der Waals surface area contributed by atoms with Crippen LogP contribution in [0.4, 0.5) is 4.79 Å². The summed E-state index contributed by atoms with van der Waals surface area (Å²) in [5.41, 5.74) is 7.81. The standard InChI is InChI=1S/C19H28N4O3S/c1-27-11-5-16(21-19(20)25)18(24)23-8-6-22(7-9-23)13-14-2-3-17-15(12-14)4-10-26-17/h2-3,12,16H,4-11,13H2,1H3,(H3,20,21,25)/t16-/m1/s1. The zero-order valence-corrected chi connectivity index (χ0v) is 16.6. The van der Waals surface area contributed by atoms with E-state index in [1.165, 1.54) is 11.1 Å². The molecule has 1 saturated heterocycles. The Labute approximate surface area is 164 Å². The Bertz CT molecular complexity index is 677. The molecule has 1 atom stereocenters. The molecule has 3 N–H and O–H groups in total. The van der Waals surface area contributed by atoms with E-state index in [0.717, 1.165) is 44.2 Å². The van der Waals surface area contributed by atoms with Crippen molar-refractivity contribution in [3.8, 4) is 5.75 Å². The molecule has 2 heterocycles. The number of fused-ring (bicyclic) bond motifs is 1. The number of carbonyl (C=O) groups is 2. The van der Waals surface area contributed by atoms with Gasteiger partial charge in [-0.25, -0.2) is 4.79 Å². The first-order chi connectivity index (χ1) is 13.1. The summed E-state index contributed by atoms with van der Waals surface area (Å²) in [6.45, 7) is 4.64. The van der Waals surface area contributed by atoms with Crippen LogP contribution in [0.2, 0.25) is 0 Å². The van der Waals surface area contributed by atoms with Gasteiger partial charge < -0.3 is 20.7 Å². The highest BCUT2D eigenvalue weighted by Gasteiger charge is 2.28. The van der Waals surface area contributed by atoms with Crippen LogP contribution in [0.15, 0.2) is 18.2 Å². The molecule has 0 spiro atoms. The summed E-state index contributed by atoms with van der Waals surface area (Å²) >= 11 is 1.65. The number of hydrogen-bond acceptors (Lipinski definition) is 5. The number of nitrogens with zero attached hydrogens (tertiary/aromatic N) is 2. The van der Waals surface area contributed by atoms with Gasteiger partial charge in [0.1, 0.15) is 11.8 Å². The zero-order chi connectivity index (χ0) is 19.2. The molecule has 27 heavy (non-hydrogen) atoms. The van der Waals surface area contributed by atoms with Crippen molar-refractivity contribution in [1.82, 2.24) is 15.1 Å². The summed E-state index contributed by atoms with van der Waals surface area (Å²) in [4.78, 5) is 28.2. The van der Waals surface area contributed by atoms with Crippen LogP contribution >= 0.6 is 11.8 Å². The molecule has 148 valence electrons. The van der Waals surface area contributed by atoms with Gasteiger partial charge in [0.05, 0.1) is 6.61 Å². The summed E-state index contributed by atoms with van der Waals surface area (Å²) in [5, 5.41) is 2.60. The molecule has 0 bridgehead atoms. The second-order valence-electron chi connectivity index (χ2n) is 6.98. The highest BCUT2D eigenvalue weighted by molar-refractivity contribution is 7.98. The lowest BCUT2D eigenvalue weighted by Crippen LogP contribution is -2.55. The first-order valence-corrected chi connectivity index (χ1v) is 10.8. The molecule has 2 aliphatic heterocycles. The third kappa shape index (κ3) is 5.29. The van der Waals surface area contributed by atoms with E-state index >= 15 is 0 Å². The number of rotatable bonds is 7. The first kappa shape index (κ1) is 19.8. The highest BCUT2D eigenvalue weighted by Crippen LogP contribution is 2.26. The largest absolute Gasteiger partial charge is 0.493 e. The predicted octanol–water partition coefficient (Wildman–Crippen LogP) is 1.06. The van der Waals surface area contributed by atoms with E-state index in [1.54, 1.807) is 11.8 Å². The zero-order valence-electron chi connectivity index (χ0n) is 15.8. The summed E-state index contributed by atoms with van der Waals surface area (Å²) in [6.07, 6.45) is 3.56. The van der Waals surface area contributed by atoms with Crippen molar-refractivity contribution < 1.29 is 14.3 Å². The molecule has 0 aliphatic carbocycles. The smallest absolute Gasteiger partial charge is 0.312 e. The molecule has 0 saturated carbocycles. The fourth-order valence-electron chi connectivity index (χ4n) is 3.61. The molecule has 3 rings (SSSR count). The maximum Gasteiger partial charge on any atom is 0.312 e. The summed E-state index contributed by atoms with van der Waals surface area (Å²) in [5.74, 6) is 1.78. The van der Waals surface area contributed by atoms with Gasteiger partial charge in [0, 0.05) is 39.1 Å². The Morgan fingerprint density at radius 1 is 1.30 bits per heavy atom. The molecule has 1 fully saturated rings. The number of urea groups is 1. The maximum absolute atomic E-state index is 12.7. The molecule has 8 heteroatoms. The lowest BCUT2D eigenvalue weighted by molar-refractivity contribution is -0.135. The van der Waals surface area contributed by atoms with Crippen LogP contribution < -0.4 is 15.8 Å². The quantitative estimate of drug-likeness (QED) is 0.724. The topological polar surface area (TPSA) is 87.9 Å². The van der Waals surface area contributed by atoms with E-state index in [2.05, 4.69) is 28.4 Å². The molecular formula is C19H28N4O3S. The van der Waals surface area contributed by atoms with Gasteiger partial charge >= 0.3 is 6.03 Å². The van der Waals surface area contributed by atoms with Crippen molar-refractivity contribution in [2.75, 3.05) is 44.8 Å². The number of nitrogens with one attached hydrogen (secondary N) is 1. The minimum atomic E-state index is -0.645. The van der Waals surface area contributed by atoms with Crippen molar-refractivity contribution in [3.05, 3.63) is 29.3 Å². The van der Waals surface area contributed by atoms with Crippen LogP contribution in [0.5, 0.6) is 5.75 Å². The normalized spacial score (nSPS) is 17.9. The number of primary amides is 1. The van der Waals surface area contributed by atoms with Gasteiger partial charge in [0.2, 0.25) is 5.91 Å². The lowest BCUT2D eigenvalue weighted by Gasteiger charge is -2.36. The monoisotopic (exact) mass is 392 g/mol. The second kappa shape index (κ2) is 9.32. The van der Waals surface area contributed by atoms with Gasteiger partial charge in [-0.15, -0.1) is 0 Å². The SMILES string of the molecule is CSCC[C@@H](NC(N)=O)C(=O)N1CCN(Cc2ccc3c(c2)CCO3)CC1. The van der Waals surface area contributed by atoms with Crippen LogP contribution in [0.25, 0.3) is 0 Å². The van der Waals surface area contributed by atoms with E-state index < -0.39 is 12.1 Å². The minimum Gasteiger partial charge on any atom is -0.493 e. The number of nitrogens with two attached hydrogens (primary N) is 1. The number of piperazine rings is 1. The van der Waals surface area contributed by atoms with Gasteiger partial charge in [-0.05, 0) is 35.6 Å². The molecule has 0 radical (unpaired) electrons. The molecule has 3 amide bonds. The Balaban J connectivity index is 1.51. The predicted molar refractivity (Wildman–Crippen MR) is 107 cm³/mol. The number of thioether (sulfide) groups is 1. The summed E-state index contributed by atoms with van der Waals surface area (Å²) < 4.78 is 5.56. The van der Waals surface area contributed by atoms with Crippen molar-refractivity contribution in [2.24, 2.45) is 5.73 Å². The van der Waals surface area contributed by atoms with Crippen molar-refractivity contribution in [1.29, 1.82) is 0 Å². The van der Waals surface area contributed by atoms with E-state index in [9.17, 15) is 9.59 Å².